The zero-order valence-corrected chi connectivity index (χ0v) is 28.5. The molecule has 0 saturated carbocycles. The van der Waals surface area contributed by atoms with Gasteiger partial charge in [0.25, 0.3) is 0 Å². The van der Waals surface area contributed by atoms with Crippen LogP contribution in [0, 0.1) is 11.3 Å². The van der Waals surface area contributed by atoms with Crippen molar-refractivity contribution in [1.29, 1.82) is 5.26 Å². The Kier molecular flexibility index (Phi) is 6.98. The minimum Gasteiger partial charge on any atom is -0.309 e. The van der Waals surface area contributed by atoms with E-state index in [1.807, 2.05) is 90.2 Å². The number of nitriles is 1. The zero-order valence-electron chi connectivity index (χ0n) is 27.7. The number of rotatable bonds is 5. The first-order valence-electron chi connectivity index (χ1n) is 17.1. The number of aromatic nitrogens is 4. The third-order valence-corrected chi connectivity index (χ3v) is 10.8. The number of para-hydroxylation sites is 1. The highest BCUT2D eigenvalue weighted by molar-refractivity contribution is 7.26. The summed E-state index contributed by atoms with van der Waals surface area (Å²) in [5.41, 5.74) is 8.43. The molecule has 10 aromatic rings. The average molecular weight is 682 g/mol. The lowest BCUT2D eigenvalue weighted by Crippen LogP contribution is -2.02. The van der Waals surface area contributed by atoms with Crippen LogP contribution in [0.5, 0.6) is 0 Å². The molecule has 0 bridgehead atoms. The highest BCUT2D eigenvalue weighted by atomic mass is 32.1. The summed E-state index contributed by atoms with van der Waals surface area (Å²) >= 11 is 1.83. The second kappa shape index (κ2) is 12.1. The summed E-state index contributed by atoms with van der Waals surface area (Å²) in [6, 6.07) is 58.4. The van der Waals surface area contributed by atoms with Crippen molar-refractivity contribution >= 4 is 53.3 Å². The summed E-state index contributed by atoms with van der Waals surface area (Å²) in [5, 5.41) is 14.9. The van der Waals surface area contributed by atoms with Gasteiger partial charge in [0.1, 0.15) is 0 Å². The lowest BCUT2D eigenvalue weighted by atomic mass is 9.98. The quantitative estimate of drug-likeness (QED) is 0.181. The smallest absolute Gasteiger partial charge is 0.164 e. The van der Waals surface area contributed by atoms with Crippen LogP contribution in [0.1, 0.15) is 5.56 Å². The number of benzene rings is 7. The van der Waals surface area contributed by atoms with E-state index in [-0.39, 0.29) is 0 Å². The Balaban J connectivity index is 1.26. The Labute approximate surface area is 303 Å². The highest BCUT2D eigenvalue weighted by Gasteiger charge is 2.21. The van der Waals surface area contributed by atoms with Gasteiger partial charge >= 0.3 is 0 Å². The summed E-state index contributed by atoms with van der Waals surface area (Å²) in [7, 11) is 0. The van der Waals surface area contributed by atoms with Gasteiger partial charge in [0, 0.05) is 53.2 Å². The van der Waals surface area contributed by atoms with Gasteiger partial charge in [-0.25, -0.2) is 15.0 Å². The molecule has 3 heterocycles. The summed E-state index contributed by atoms with van der Waals surface area (Å²) < 4.78 is 4.92. The molecule has 10 rings (SSSR count). The first kappa shape index (κ1) is 29.9. The predicted octanol–water partition coefficient (Wildman–Crippen LogP) is 11.9. The monoisotopic (exact) mass is 681 g/mol. The van der Waals surface area contributed by atoms with Crippen molar-refractivity contribution in [3.63, 3.8) is 0 Å². The Hall–Kier alpha value is -6.94. The predicted molar refractivity (Wildman–Crippen MR) is 214 cm³/mol. The topological polar surface area (TPSA) is 67.4 Å². The van der Waals surface area contributed by atoms with E-state index in [4.69, 9.17) is 15.0 Å². The first-order valence-corrected chi connectivity index (χ1v) is 17.9. The van der Waals surface area contributed by atoms with E-state index in [1.54, 1.807) is 0 Å². The Morgan fingerprint density at radius 1 is 0.462 bits per heavy atom. The molecular formula is C46H27N5S. The standard InChI is InChI=1S/C46H27N5S/c47-28-29-12-11-17-32(26-29)36-27-33(46-49-44(30-13-3-1-4-14-30)48-45(50-46)31-15-5-2-6-16-31)22-23-38(36)51-37-20-9-7-18-34(37)42-39(51)24-25-41-43(42)35-19-8-10-21-40(35)52-41/h1-27H. The maximum absolute atomic E-state index is 9.94. The van der Waals surface area contributed by atoms with Crippen LogP contribution in [0.15, 0.2) is 164 Å². The molecule has 0 aliphatic heterocycles. The van der Waals surface area contributed by atoms with Crippen LogP contribution in [0.25, 0.3) is 93.0 Å². The van der Waals surface area contributed by atoms with Gasteiger partial charge in [0.05, 0.1) is 28.4 Å². The van der Waals surface area contributed by atoms with Gasteiger partial charge in [-0.3, -0.25) is 0 Å². The van der Waals surface area contributed by atoms with Gasteiger partial charge in [-0.05, 0) is 60.2 Å². The number of fused-ring (bicyclic) bond motifs is 7. The second-order valence-electron chi connectivity index (χ2n) is 12.7. The minimum absolute atomic E-state index is 0.575. The normalized spacial score (nSPS) is 11.4. The molecule has 7 aromatic carbocycles. The summed E-state index contributed by atoms with van der Waals surface area (Å²) in [6.45, 7) is 0. The molecule has 0 amide bonds. The molecule has 0 N–H and O–H groups in total. The van der Waals surface area contributed by atoms with Crippen molar-refractivity contribution in [2.75, 3.05) is 0 Å². The molecule has 0 aliphatic rings. The molecule has 0 atom stereocenters. The van der Waals surface area contributed by atoms with Crippen LogP contribution in [-0.4, -0.2) is 19.5 Å². The Morgan fingerprint density at radius 3 is 1.83 bits per heavy atom. The van der Waals surface area contributed by atoms with E-state index in [2.05, 4.69) is 95.6 Å². The number of thiophene rings is 1. The molecule has 0 radical (unpaired) electrons. The molecule has 5 nitrogen and oxygen atoms in total. The molecule has 0 spiro atoms. The molecule has 6 heteroatoms. The summed E-state index contributed by atoms with van der Waals surface area (Å²) in [4.78, 5) is 15.0. The molecule has 242 valence electrons. The van der Waals surface area contributed by atoms with E-state index in [0.717, 1.165) is 44.5 Å². The van der Waals surface area contributed by atoms with Crippen LogP contribution < -0.4 is 0 Å². The molecule has 0 saturated heterocycles. The van der Waals surface area contributed by atoms with E-state index in [1.165, 1.54) is 30.9 Å². The second-order valence-corrected chi connectivity index (χ2v) is 13.8. The molecule has 0 aliphatic carbocycles. The third-order valence-electron chi connectivity index (χ3n) is 9.67. The number of hydrogen-bond acceptors (Lipinski definition) is 5. The third kappa shape index (κ3) is 4.87. The van der Waals surface area contributed by atoms with E-state index in [9.17, 15) is 5.26 Å². The van der Waals surface area contributed by atoms with Gasteiger partial charge in [-0.15, -0.1) is 11.3 Å². The largest absolute Gasteiger partial charge is 0.309 e. The lowest BCUT2D eigenvalue weighted by molar-refractivity contribution is 1.07. The van der Waals surface area contributed by atoms with Crippen molar-refractivity contribution in [2.45, 2.75) is 0 Å². The van der Waals surface area contributed by atoms with Crippen LogP contribution in [0.4, 0.5) is 0 Å². The Morgan fingerprint density at radius 2 is 1.10 bits per heavy atom. The van der Waals surface area contributed by atoms with Gasteiger partial charge < -0.3 is 4.57 Å². The van der Waals surface area contributed by atoms with Crippen LogP contribution >= 0.6 is 11.3 Å². The van der Waals surface area contributed by atoms with Crippen molar-refractivity contribution in [2.24, 2.45) is 0 Å². The van der Waals surface area contributed by atoms with Crippen molar-refractivity contribution in [3.8, 4) is 57.0 Å². The van der Waals surface area contributed by atoms with Crippen molar-refractivity contribution < 1.29 is 0 Å². The van der Waals surface area contributed by atoms with Gasteiger partial charge in [-0.1, -0.05) is 109 Å². The number of hydrogen-bond donors (Lipinski definition) is 0. The summed E-state index contributed by atoms with van der Waals surface area (Å²) in [5.74, 6) is 1.79. The minimum atomic E-state index is 0.575. The zero-order chi connectivity index (χ0) is 34.6. The van der Waals surface area contributed by atoms with Crippen LogP contribution in [0.3, 0.4) is 0 Å². The van der Waals surface area contributed by atoms with Gasteiger partial charge in [-0.2, -0.15) is 5.26 Å². The fourth-order valence-electron chi connectivity index (χ4n) is 7.33. The maximum Gasteiger partial charge on any atom is 0.164 e. The molecular weight excluding hydrogens is 655 g/mol. The van der Waals surface area contributed by atoms with Crippen LogP contribution in [-0.2, 0) is 0 Å². The van der Waals surface area contributed by atoms with E-state index in [0.29, 0.717) is 23.0 Å². The molecule has 0 fully saturated rings. The highest BCUT2D eigenvalue weighted by Crippen LogP contribution is 2.44. The Bertz CT molecular complexity index is 2970. The molecule has 52 heavy (non-hydrogen) atoms. The maximum atomic E-state index is 9.94. The van der Waals surface area contributed by atoms with E-state index >= 15 is 0 Å². The molecule has 3 aromatic heterocycles. The average Bonchev–Trinajstić information content (AvgIpc) is 3.77. The van der Waals surface area contributed by atoms with E-state index < -0.39 is 0 Å². The fourth-order valence-corrected chi connectivity index (χ4v) is 8.44. The SMILES string of the molecule is N#Cc1cccc(-c2cc(-c3nc(-c4ccccc4)nc(-c4ccccc4)n3)ccc2-n2c3ccccc3c3c4c(ccc32)sc2ccccc24)c1. The fraction of sp³-hybridized carbons (Fsp3) is 0. The van der Waals surface area contributed by atoms with Crippen molar-refractivity contribution in [3.05, 3.63) is 169 Å². The summed E-state index contributed by atoms with van der Waals surface area (Å²) in [6.07, 6.45) is 0. The van der Waals surface area contributed by atoms with Crippen LogP contribution in [0.2, 0.25) is 0 Å². The number of nitrogens with zero attached hydrogens (tertiary/aromatic N) is 5. The lowest BCUT2D eigenvalue weighted by Gasteiger charge is -2.16. The van der Waals surface area contributed by atoms with Gasteiger partial charge in [0.2, 0.25) is 0 Å². The first-order chi connectivity index (χ1) is 25.7. The van der Waals surface area contributed by atoms with Gasteiger partial charge in [0.15, 0.2) is 17.5 Å². The van der Waals surface area contributed by atoms with Crippen molar-refractivity contribution in [1.82, 2.24) is 19.5 Å². The molecule has 0 unspecified atom stereocenters.